The van der Waals surface area contributed by atoms with Crippen LogP contribution in [0, 0.1) is 5.82 Å². The molecule has 3 aliphatic heterocycles. The Labute approximate surface area is 315 Å². The zero-order valence-corrected chi connectivity index (χ0v) is 31.2. The van der Waals surface area contributed by atoms with Gasteiger partial charge < -0.3 is 29.8 Å². The first-order chi connectivity index (χ1) is 25.8. The van der Waals surface area contributed by atoms with E-state index in [1.54, 1.807) is 6.07 Å². The Morgan fingerprint density at radius 3 is 2.22 bits per heavy atom. The topological polar surface area (TPSA) is 100 Å². The van der Waals surface area contributed by atoms with Gasteiger partial charge >= 0.3 is 6.18 Å². The molecule has 0 unspecified atom stereocenters. The largest absolute Gasteiger partial charge is 0.542 e. The number of hydrogen-bond donors (Lipinski definition) is 2. The van der Waals surface area contributed by atoms with E-state index in [-0.39, 0.29) is 11.7 Å². The number of quaternary nitrogens is 1. The highest BCUT2D eigenvalue weighted by Crippen LogP contribution is 2.26. The van der Waals surface area contributed by atoms with Gasteiger partial charge in [-0.25, -0.2) is 4.39 Å². The molecule has 0 bridgehead atoms. The van der Waals surface area contributed by atoms with Gasteiger partial charge in [0.15, 0.2) is 0 Å². The predicted octanol–water partition coefficient (Wildman–Crippen LogP) is 3.11. The molecule has 2 N–H and O–H groups in total. The Bertz CT molecular complexity index is 1690. The number of benzene rings is 3. The number of carboxylic acids is 1. The number of piperazine rings is 2. The van der Waals surface area contributed by atoms with E-state index in [4.69, 9.17) is 14.6 Å². The summed E-state index contributed by atoms with van der Waals surface area (Å²) in [6.07, 6.45) is -5.19. The second-order valence-corrected chi connectivity index (χ2v) is 14.8. The fourth-order valence-corrected chi connectivity index (χ4v) is 7.07. The highest BCUT2D eigenvalue weighted by Gasteiger charge is 2.29. The quantitative estimate of drug-likeness (QED) is 0.228. The van der Waals surface area contributed by atoms with Crippen molar-refractivity contribution in [1.82, 2.24) is 25.3 Å². The van der Waals surface area contributed by atoms with Crippen molar-refractivity contribution in [2.75, 3.05) is 92.3 Å². The second kappa shape index (κ2) is 19.1. The van der Waals surface area contributed by atoms with Gasteiger partial charge in [-0.1, -0.05) is 36.4 Å². The lowest BCUT2D eigenvalue weighted by Gasteiger charge is -2.40. The minimum atomic E-state index is -5.19. The van der Waals surface area contributed by atoms with Gasteiger partial charge in [0, 0.05) is 89.2 Å². The summed E-state index contributed by atoms with van der Waals surface area (Å²) in [7, 11) is 2.36. The smallest absolute Gasteiger partial charge is 0.430 e. The number of carbonyl (C=O) groups excluding carboxylic acids is 2. The molecular formula is C40H52F4N6O4. The average molecular weight is 757 g/mol. The Morgan fingerprint density at radius 1 is 0.889 bits per heavy atom. The number of carboxylic acid groups (broad SMARTS) is 1. The molecule has 0 aliphatic carbocycles. The number of amides is 1. The van der Waals surface area contributed by atoms with Crippen LogP contribution in [0.4, 0.5) is 17.6 Å². The van der Waals surface area contributed by atoms with E-state index in [1.807, 2.05) is 36.4 Å². The number of morpholine rings is 1. The van der Waals surface area contributed by atoms with Crippen molar-refractivity contribution in [3.8, 4) is 11.1 Å². The molecule has 3 aliphatic rings. The predicted molar refractivity (Wildman–Crippen MR) is 197 cm³/mol. The first-order valence-electron chi connectivity index (χ1n) is 18.6. The number of ether oxygens (including phenoxy) is 1. The number of hydrogen-bond acceptors (Lipinski definition) is 8. The van der Waals surface area contributed by atoms with Gasteiger partial charge in [0.2, 0.25) is 0 Å². The minimum Gasteiger partial charge on any atom is -0.542 e. The minimum absolute atomic E-state index is 0.116. The van der Waals surface area contributed by atoms with Crippen LogP contribution in [0.3, 0.4) is 0 Å². The van der Waals surface area contributed by atoms with Crippen molar-refractivity contribution in [3.63, 3.8) is 0 Å². The van der Waals surface area contributed by atoms with Crippen LogP contribution >= 0.6 is 0 Å². The average Bonchev–Trinajstić information content (AvgIpc) is 3.14. The molecular weight excluding hydrogens is 704 g/mol. The van der Waals surface area contributed by atoms with E-state index in [2.05, 4.69) is 57.5 Å². The van der Waals surface area contributed by atoms with Gasteiger partial charge in [0.05, 0.1) is 26.8 Å². The SMILES string of the molecule is C[C@H]1CN(Cc2cccc(-c3cc(CNC(=O)c4cccc(CN5CCN(CC[N+]6(C)CCOCC6)CC5)c4)ccc3F)c2)CCN1.O=C([O-])C(F)(F)F. The van der Waals surface area contributed by atoms with Crippen molar-refractivity contribution in [2.45, 2.75) is 38.8 Å². The molecule has 294 valence electrons. The van der Waals surface area contributed by atoms with Gasteiger partial charge in [-0.3, -0.25) is 19.5 Å². The highest BCUT2D eigenvalue weighted by molar-refractivity contribution is 5.94. The summed E-state index contributed by atoms with van der Waals surface area (Å²) in [6, 6.07) is 21.7. The summed E-state index contributed by atoms with van der Waals surface area (Å²) in [5, 5.41) is 15.3. The molecule has 0 saturated carbocycles. The number of rotatable bonds is 11. The van der Waals surface area contributed by atoms with Gasteiger partial charge in [-0.05, 0) is 59.5 Å². The number of halogens is 4. The molecule has 10 nitrogen and oxygen atoms in total. The summed E-state index contributed by atoms with van der Waals surface area (Å²) >= 11 is 0. The van der Waals surface area contributed by atoms with E-state index in [1.165, 1.54) is 18.2 Å². The number of aliphatic carboxylic acids is 1. The zero-order chi connectivity index (χ0) is 38.7. The highest BCUT2D eigenvalue weighted by atomic mass is 19.4. The molecule has 0 radical (unpaired) electrons. The van der Waals surface area contributed by atoms with Gasteiger partial charge in [-0.2, -0.15) is 13.2 Å². The van der Waals surface area contributed by atoms with E-state index >= 15 is 4.39 Å². The van der Waals surface area contributed by atoms with Crippen LogP contribution in [0.15, 0.2) is 66.7 Å². The summed E-state index contributed by atoms with van der Waals surface area (Å²) < 4.78 is 53.2. The third-order valence-electron chi connectivity index (χ3n) is 10.4. The molecule has 14 heteroatoms. The lowest BCUT2D eigenvalue weighted by atomic mass is 10.00. The fraction of sp³-hybridized carbons (Fsp3) is 0.500. The van der Waals surface area contributed by atoms with E-state index in [9.17, 15) is 18.0 Å². The van der Waals surface area contributed by atoms with Gasteiger partial charge in [0.1, 0.15) is 24.9 Å². The maximum atomic E-state index is 15.0. The van der Waals surface area contributed by atoms with Crippen molar-refractivity contribution in [2.24, 2.45) is 0 Å². The molecule has 54 heavy (non-hydrogen) atoms. The zero-order valence-electron chi connectivity index (χ0n) is 31.2. The number of nitrogens with one attached hydrogen (secondary N) is 2. The first-order valence-corrected chi connectivity index (χ1v) is 18.6. The van der Waals surface area contributed by atoms with E-state index in [0.717, 1.165) is 113 Å². The van der Waals surface area contributed by atoms with Crippen molar-refractivity contribution in [3.05, 3.63) is 94.8 Å². The Hall–Kier alpha value is -3.92. The Morgan fingerprint density at radius 2 is 1.54 bits per heavy atom. The lowest BCUT2D eigenvalue weighted by molar-refractivity contribution is -0.916. The third-order valence-corrected chi connectivity index (χ3v) is 10.4. The fourth-order valence-electron chi connectivity index (χ4n) is 7.07. The maximum absolute atomic E-state index is 15.0. The van der Waals surface area contributed by atoms with E-state index < -0.39 is 12.1 Å². The Kier molecular flexibility index (Phi) is 14.6. The summed E-state index contributed by atoms with van der Waals surface area (Å²) in [5.74, 6) is -3.38. The normalized spacial score (nSPS) is 19.8. The van der Waals surface area contributed by atoms with Crippen LogP contribution < -0.4 is 15.7 Å². The molecule has 0 aromatic heterocycles. The van der Waals surface area contributed by atoms with E-state index in [0.29, 0.717) is 23.7 Å². The Balaban J connectivity index is 0.000000730. The van der Waals surface area contributed by atoms with Crippen molar-refractivity contribution < 1.29 is 41.5 Å². The third kappa shape index (κ3) is 12.6. The molecule has 3 aromatic rings. The molecule has 3 heterocycles. The molecule has 3 fully saturated rings. The first kappa shape index (κ1) is 41.2. The molecule has 1 amide bonds. The molecule has 3 aromatic carbocycles. The molecule has 0 spiro atoms. The van der Waals surface area contributed by atoms with Crippen LogP contribution in [-0.4, -0.2) is 136 Å². The molecule has 3 saturated heterocycles. The summed E-state index contributed by atoms with van der Waals surface area (Å²) in [6.45, 7) is 17.8. The second-order valence-electron chi connectivity index (χ2n) is 14.8. The van der Waals surface area contributed by atoms with Crippen LogP contribution in [0.2, 0.25) is 0 Å². The molecule has 1 atom stereocenters. The van der Waals surface area contributed by atoms with Gasteiger partial charge in [-0.15, -0.1) is 0 Å². The number of likely N-dealkylation sites (N-methyl/N-ethyl adjacent to an activating group) is 1. The standard InChI is InChI=1S/C38H51FN6O2.C2HF3O2/c1-30-27-44(12-11-40-30)29-32-5-3-7-34(23-32)36-25-31(9-10-37(36)39)26-41-38(46)35-8-4-6-33(24-35)28-43-15-13-42(14-16-43)17-18-45(2)19-21-47-22-20-45;3-2(4,5)1(6)7/h3-10,23-25,30,40H,11-22,26-29H2,1-2H3;(H,6,7)/t30-;/m0./s1. The summed E-state index contributed by atoms with van der Waals surface area (Å²) in [5.41, 5.74) is 5.27. The summed E-state index contributed by atoms with van der Waals surface area (Å²) in [4.78, 5) is 29.5. The van der Waals surface area contributed by atoms with Gasteiger partial charge in [0.25, 0.3) is 5.91 Å². The maximum Gasteiger partial charge on any atom is 0.430 e. The lowest BCUT2D eigenvalue weighted by Crippen LogP contribution is -2.56. The number of carbonyl (C=O) groups is 2. The van der Waals surface area contributed by atoms with Crippen LogP contribution in [-0.2, 0) is 29.2 Å². The monoisotopic (exact) mass is 756 g/mol. The van der Waals surface area contributed by atoms with Crippen molar-refractivity contribution in [1.29, 1.82) is 0 Å². The van der Waals surface area contributed by atoms with Crippen LogP contribution in [0.25, 0.3) is 11.1 Å². The van der Waals surface area contributed by atoms with Crippen molar-refractivity contribution >= 4 is 11.9 Å². The van der Waals surface area contributed by atoms with Crippen LogP contribution in [0.5, 0.6) is 0 Å². The number of nitrogens with zero attached hydrogens (tertiary/aromatic N) is 4. The molecule has 6 rings (SSSR count). The number of alkyl halides is 3. The van der Waals surface area contributed by atoms with Crippen LogP contribution in [0.1, 0.15) is 34.0 Å².